The second-order valence-electron chi connectivity index (χ2n) is 1.56. The maximum Gasteiger partial charge on any atom is 0.133 e. The summed E-state index contributed by atoms with van der Waals surface area (Å²) in [4.78, 5) is 0. The van der Waals surface area contributed by atoms with E-state index in [9.17, 15) is 0 Å². The van der Waals surface area contributed by atoms with Gasteiger partial charge in [0.05, 0.1) is 11.6 Å². The van der Waals surface area contributed by atoms with Crippen LogP contribution in [0.3, 0.4) is 0 Å². The minimum absolute atomic E-state index is 0.817. The van der Waals surface area contributed by atoms with Crippen LogP contribution in [0.2, 0.25) is 0 Å². The summed E-state index contributed by atoms with van der Waals surface area (Å²) in [7, 11) is 1.63. The lowest BCUT2D eigenvalue weighted by Crippen LogP contribution is -1.81. The number of benzene rings is 1. The van der Waals surface area contributed by atoms with Crippen LogP contribution in [0.15, 0.2) is 22.7 Å². The number of hydrogen-bond donors (Lipinski definition) is 0. The van der Waals surface area contributed by atoms with Crippen LogP contribution in [-0.4, -0.2) is 7.11 Å². The molecule has 9 heavy (non-hydrogen) atoms. The molecule has 0 amide bonds. The molecule has 1 aromatic carbocycles. The highest BCUT2D eigenvalue weighted by atomic mass is 79.9. The third-order valence-corrected chi connectivity index (χ3v) is 1.65. The topological polar surface area (TPSA) is 9.23 Å². The van der Waals surface area contributed by atoms with E-state index >= 15 is 0 Å². The van der Waals surface area contributed by atoms with Crippen LogP contribution in [-0.2, 0) is 0 Å². The maximum atomic E-state index is 4.97. The summed E-state index contributed by atoms with van der Waals surface area (Å²) < 4.78 is 5.93. The van der Waals surface area contributed by atoms with Gasteiger partial charge in [-0.25, -0.2) is 0 Å². The summed E-state index contributed by atoms with van der Waals surface area (Å²) in [6, 6.07) is 8.39. The van der Waals surface area contributed by atoms with E-state index in [-0.39, 0.29) is 0 Å². The van der Waals surface area contributed by atoms with Gasteiger partial charge in [0.2, 0.25) is 0 Å². The van der Waals surface area contributed by atoms with Crippen LogP contribution >= 0.6 is 15.9 Å². The van der Waals surface area contributed by atoms with Gasteiger partial charge in [-0.2, -0.15) is 0 Å². The Morgan fingerprint density at radius 3 is 2.89 bits per heavy atom. The molecule has 0 spiro atoms. The molecule has 0 unspecified atom stereocenters. The molecule has 0 heterocycles. The van der Waals surface area contributed by atoms with E-state index in [1.807, 2.05) is 12.1 Å². The Bertz CT molecular complexity index is 198. The molecule has 1 radical (unpaired) electrons. The highest BCUT2D eigenvalue weighted by Gasteiger charge is 1.93. The zero-order valence-electron chi connectivity index (χ0n) is 5.02. The summed E-state index contributed by atoms with van der Waals surface area (Å²) in [5.41, 5.74) is 0. The van der Waals surface area contributed by atoms with Gasteiger partial charge in [-0.05, 0) is 34.1 Å². The van der Waals surface area contributed by atoms with Gasteiger partial charge in [0.15, 0.2) is 0 Å². The normalized spacial score (nSPS) is 9.11. The van der Waals surface area contributed by atoms with Crippen molar-refractivity contribution in [3.8, 4) is 5.75 Å². The molecule has 0 bridgehead atoms. The average Bonchev–Trinajstić information content (AvgIpc) is 1.89. The van der Waals surface area contributed by atoms with Gasteiger partial charge in [-0.1, -0.05) is 6.07 Å². The largest absolute Gasteiger partial charge is 0.496 e. The summed E-state index contributed by atoms with van der Waals surface area (Å²) >= 11 is 3.31. The molecule has 47 valence electrons. The lowest BCUT2D eigenvalue weighted by Gasteiger charge is -1.98. The Balaban J connectivity index is 3.01. The predicted molar refractivity (Wildman–Crippen MR) is 39.5 cm³/mol. The fraction of sp³-hybridized carbons (Fsp3) is 0.143. The quantitative estimate of drug-likeness (QED) is 0.653. The van der Waals surface area contributed by atoms with E-state index in [0.29, 0.717) is 0 Å². The van der Waals surface area contributed by atoms with E-state index in [1.54, 1.807) is 13.2 Å². The molecule has 1 aromatic rings. The Morgan fingerprint density at radius 1 is 1.67 bits per heavy atom. The maximum absolute atomic E-state index is 4.97. The van der Waals surface area contributed by atoms with Crippen molar-refractivity contribution in [1.29, 1.82) is 0 Å². The predicted octanol–water partition coefficient (Wildman–Crippen LogP) is 2.26. The monoisotopic (exact) mass is 185 g/mol. The molecule has 1 nitrogen and oxygen atoms in total. The second-order valence-corrected chi connectivity index (χ2v) is 2.41. The molecule has 0 aliphatic rings. The molecule has 0 atom stereocenters. The molecule has 0 aliphatic heterocycles. The zero-order chi connectivity index (χ0) is 6.69. The minimum atomic E-state index is 0.817. The van der Waals surface area contributed by atoms with Crippen LogP contribution in [0.5, 0.6) is 5.75 Å². The van der Waals surface area contributed by atoms with Crippen molar-refractivity contribution >= 4 is 15.9 Å². The number of halogens is 1. The first-order valence-corrected chi connectivity index (χ1v) is 3.33. The van der Waals surface area contributed by atoms with Gasteiger partial charge < -0.3 is 4.74 Å². The van der Waals surface area contributed by atoms with Crippen molar-refractivity contribution in [3.63, 3.8) is 0 Å². The van der Waals surface area contributed by atoms with E-state index in [1.165, 1.54) is 0 Å². The summed E-state index contributed by atoms with van der Waals surface area (Å²) in [5.74, 6) is 0.817. The van der Waals surface area contributed by atoms with Gasteiger partial charge in [-0.3, -0.25) is 0 Å². The van der Waals surface area contributed by atoms with Crippen molar-refractivity contribution in [1.82, 2.24) is 0 Å². The Morgan fingerprint density at radius 2 is 2.44 bits per heavy atom. The van der Waals surface area contributed by atoms with E-state index in [4.69, 9.17) is 4.74 Å². The lowest BCUT2D eigenvalue weighted by atomic mass is 10.3. The van der Waals surface area contributed by atoms with Crippen molar-refractivity contribution in [2.24, 2.45) is 0 Å². The Labute approximate surface area is 62.8 Å². The fourth-order valence-corrected chi connectivity index (χ4v) is 0.961. The molecular formula is C7H6BrO. The first-order valence-electron chi connectivity index (χ1n) is 2.54. The van der Waals surface area contributed by atoms with Crippen molar-refractivity contribution in [2.45, 2.75) is 0 Å². The summed E-state index contributed by atoms with van der Waals surface area (Å²) in [5, 5.41) is 0. The lowest BCUT2D eigenvalue weighted by molar-refractivity contribution is 0.412. The van der Waals surface area contributed by atoms with E-state index in [2.05, 4.69) is 22.0 Å². The number of ether oxygens (including phenoxy) is 1. The SMILES string of the molecule is COc1c[c]ccc1Br. The van der Waals surface area contributed by atoms with Crippen molar-refractivity contribution in [2.75, 3.05) is 7.11 Å². The molecule has 0 saturated carbocycles. The fourth-order valence-electron chi connectivity index (χ4n) is 0.553. The summed E-state index contributed by atoms with van der Waals surface area (Å²) in [6.45, 7) is 0. The van der Waals surface area contributed by atoms with Crippen LogP contribution < -0.4 is 4.74 Å². The number of hydrogen-bond acceptors (Lipinski definition) is 1. The van der Waals surface area contributed by atoms with Gasteiger partial charge >= 0.3 is 0 Å². The van der Waals surface area contributed by atoms with Crippen LogP contribution in [0, 0.1) is 6.07 Å². The highest BCUT2D eigenvalue weighted by molar-refractivity contribution is 9.10. The molecule has 0 aliphatic carbocycles. The van der Waals surface area contributed by atoms with Crippen LogP contribution in [0.25, 0.3) is 0 Å². The molecule has 0 aromatic heterocycles. The molecule has 0 saturated heterocycles. The minimum Gasteiger partial charge on any atom is -0.496 e. The first kappa shape index (κ1) is 6.62. The molecule has 2 heteroatoms. The third-order valence-electron chi connectivity index (χ3n) is 0.996. The van der Waals surface area contributed by atoms with Crippen LogP contribution in [0.1, 0.15) is 0 Å². The molecule has 0 fully saturated rings. The van der Waals surface area contributed by atoms with Crippen molar-refractivity contribution < 1.29 is 4.74 Å². The van der Waals surface area contributed by atoms with Gasteiger partial charge in [0.25, 0.3) is 0 Å². The van der Waals surface area contributed by atoms with E-state index < -0.39 is 0 Å². The molecule has 1 rings (SSSR count). The number of rotatable bonds is 1. The van der Waals surface area contributed by atoms with Gasteiger partial charge in [0, 0.05) is 0 Å². The van der Waals surface area contributed by atoms with E-state index in [0.717, 1.165) is 10.2 Å². The van der Waals surface area contributed by atoms with Gasteiger partial charge in [0.1, 0.15) is 5.75 Å². The first-order chi connectivity index (χ1) is 4.34. The van der Waals surface area contributed by atoms with Crippen molar-refractivity contribution in [3.05, 3.63) is 28.7 Å². The summed E-state index contributed by atoms with van der Waals surface area (Å²) in [6.07, 6.45) is 0. The highest BCUT2D eigenvalue weighted by Crippen LogP contribution is 2.22. The van der Waals surface area contributed by atoms with Crippen LogP contribution in [0.4, 0.5) is 0 Å². The van der Waals surface area contributed by atoms with Gasteiger partial charge in [-0.15, -0.1) is 0 Å². The Hall–Kier alpha value is -0.500. The second kappa shape index (κ2) is 2.87. The zero-order valence-corrected chi connectivity index (χ0v) is 6.60. The standard InChI is InChI=1S/C7H6BrO/c1-9-7-5-3-2-4-6(7)8/h2,4-5H,1H3. The third kappa shape index (κ3) is 1.45. The molecule has 0 N–H and O–H groups in total. The average molecular weight is 186 g/mol. The number of methoxy groups -OCH3 is 1. The smallest absolute Gasteiger partial charge is 0.133 e. The molecular weight excluding hydrogens is 180 g/mol. The Kier molecular flexibility index (Phi) is 2.11.